The van der Waals surface area contributed by atoms with E-state index in [1.165, 1.54) is 11.1 Å². The highest BCUT2D eigenvalue weighted by Crippen LogP contribution is 2.58. The molecule has 2 heterocycles. The average molecular weight is 615 g/mol. The lowest BCUT2D eigenvalue weighted by molar-refractivity contribution is -0.138. The number of carboxylic acids is 1. The Labute approximate surface area is 265 Å². The van der Waals surface area contributed by atoms with Gasteiger partial charge in [-0.25, -0.2) is 4.98 Å². The lowest BCUT2D eigenvalue weighted by Crippen LogP contribution is -2.52. The quantitative estimate of drug-likeness (QED) is 0.250. The number of carbonyl (C=O) groups is 2. The molecule has 4 aliphatic rings. The standard InChI is InChI=1S/C36H46N4O5/c1-23(2)32-38-39-33(45-32)27-11-18-37-30(21-27)40(34(43)26-7-5-25(6-8-26)20-31(41)42)22-35-12-15-36(16-13-35,17-14-35)28-9-10-29(44-4)24(3)19-28/h9-11,18-19,21,23,25-26H,5-8,12-17,20,22H2,1-4H3,(H,41,42)/t25-,26-,35?,36?. The van der Waals surface area contributed by atoms with Crippen LogP contribution >= 0.6 is 0 Å². The summed E-state index contributed by atoms with van der Waals surface area (Å²) in [5.74, 6) is 2.02. The van der Waals surface area contributed by atoms with Crippen molar-refractivity contribution in [1.82, 2.24) is 15.2 Å². The summed E-state index contributed by atoms with van der Waals surface area (Å²) in [6.07, 6.45) is 11.4. The van der Waals surface area contributed by atoms with Gasteiger partial charge in [-0.1, -0.05) is 26.0 Å². The Balaban J connectivity index is 1.25. The van der Waals surface area contributed by atoms with Crippen molar-refractivity contribution < 1.29 is 23.8 Å². The van der Waals surface area contributed by atoms with Crippen molar-refractivity contribution in [3.05, 3.63) is 53.5 Å². The van der Waals surface area contributed by atoms with Crippen LogP contribution in [-0.4, -0.2) is 45.8 Å². The molecule has 240 valence electrons. The third-order valence-electron chi connectivity index (χ3n) is 11.0. The van der Waals surface area contributed by atoms with E-state index in [4.69, 9.17) is 14.1 Å². The number of methoxy groups -OCH3 is 1. The molecule has 9 nitrogen and oxygen atoms in total. The molecule has 45 heavy (non-hydrogen) atoms. The first-order valence-corrected chi connectivity index (χ1v) is 16.6. The van der Waals surface area contributed by atoms with Crippen LogP contribution in [0.5, 0.6) is 5.75 Å². The van der Waals surface area contributed by atoms with Gasteiger partial charge in [-0.2, -0.15) is 0 Å². The van der Waals surface area contributed by atoms with Crippen LogP contribution in [0.25, 0.3) is 11.5 Å². The van der Waals surface area contributed by atoms with E-state index in [2.05, 4.69) is 35.3 Å². The minimum Gasteiger partial charge on any atom is -0.496 e. The molecule has 1 N–H and O–H groups in total. The van der Waals surface area contributed by atoms with Crippen LogP contribution in [0.2, 0.25) is 0 Å². The zero-order valence-electron chi connectivity index (χ0n) is 27.1. The van der Waals surface area contributed by atoms with Gasteiger partial charge in [-0.3, -0.25) is 14.5 Å². The van der Waals surface area contributed by atoms with E-state index in [0.717, 1.165) is 62.7 Å². The summed E-state index contributed by atoms with van der Waals surface area (Å²) >= 11 is 0. The summed E-state index contributed by atoms with van der Waals surface area (Å²) in [5, 5.41) is 17.8. The number of anilines is 1. The van der Waals surface area contributed by atoms with Gasteiger partial charge in [0.05, 0.1) is 7.11 Å². The number of rotatable bonds is 10. The number of hydrogen-bond acceptors (Lipinski definition) is 7. The van der Waals surface area contributed by atoms with Gasteiger partial charge in [-0.15, -0.1) is 10.2 Å². The Hall–Kier alpha value is -3.75. The Morgan fingerprint density at radius 2 is 1.73 bits per heavy atom. The summed E-state index contributed by atoms with van der Waals surface area (Å²) in [6, 6.07) is 10.4. The smallest absolute Gasteiger partial charge is 0.303 e. The molecule has 0 aliphatic heterocycles. The number of aromatic nitrogens is 3. The van der Waals surface area contributed by atoms with Crippen LogP contribution in [0.3, 0.4) is 0 Å². The Bertz CT molecular complexity index is 1520. The van der Waals surface area contributed by atoms with Crippen LogP contribution in [0.4, 0.5) is 5.82 Å². The SMILES string of the molecule is COc1ccc(C23CCC(CN(c4cc(-c5nnc(C(C)C)o5)ccn4)C(=O)[C@H]4CC[C@H](CC(=O)O)CC4)(CC2)CC3)cc1C. The monoisotopic (exact) mass is 614 g/mol. The van der Waals surface area contributed by atoms with E-state index >= 15 is 0 Å². The van der Waals surface area contributed by atoms with Gasteiger partial charge in [0.15, 0.2) is 0 Å². The summed E-state index contributed by atoms with van der Waals surface area (Å²) < 4.78 is 11.5. The zero-order chi connectivity index (χ0) is 31.8. The molecular weight excluding hydrogens is 568 g/mol. The number of benzene rings is 1. The zero-order valence-corrected chi connectivity index (χ0v) is 27.1. The van der Waals surface area contributed by atoms with E-state index in [9.17, 15) is 14.7 Å². The molecule has 0 radical (unpaired) electrons. The second-order valence-corrected chi connectivity index (χ2v) is 14.2. The molecule has 3 aromatic rings. The number of fused-ring (bicyclic) bond motifs is 3. The number of aryl methyl sites for hydroxylation is 1. The molecule has 1 aromatic carbocycles. The molecule has 0 spiro atoms. The molecule has 2 bridgehead atoms. The molecule has 0 saturated heterocycles. The number of amides is 1. The van der Waals surface area contributed by atoms with Gasteiger partial charge >= 0.3 is 5.97 Å². The Morgan fingerprint density at radius 3 is 2.33 bits per heavy atom. The van der Waals surface area contributed by atoms with Gasteiger partial charge in [0, 0.05) is 36.6 Å². The minimum atomic E-state index is -0.761. The highest BCUT2D eigenvalue weighted by molar-refractivity contribution is 5.94. The van der Waals surface area contributed by atoms with E-state index in [-0.39, 0.29) is 40.9 Å². The molecule has 1 amide bonds. The van der Waals surface area contributed by atoms with Gasteiger partial charge in [0.1, 0.15) is 11.6 Å². The molecule has 2 aromatic heterocycles. The number of ether oxygens (including phenoxy) is 1. The van der Waals surface area contributed by atoms with Crippen LogP contribution in [0.1, 0.15) is 107 Å². The van der Waals surface area contributed by atoms with Crippen molar-refractivity contribution in [1.29, 1.82) is 0 Å². The second kappa shape index (κ2) is 12.6. The second-order valence-electron chi connectivity index (χ2n) is 14.2. The van der Waals surface area contributed by atoms with Crippen LogP contribution in [-0.2, 0) is 15.0 Å². The maximum Gasteiger partial charge on any atom is 0.303 e. The maximum atomic E-state index is 14.4. The third kappa shape index (κ3) is 6.36. The van der Waals surface area contributed by atoms with E-state index < -0.39 is 5.97 Å². The number of nitrogens with zero attached hydrogens (tertiary/aromatic N) is 4. The Kier molecular flexibility index (Phi) is 8.72. The molecule has 0 unspecified atom stereocenters. The molecule has 0 atom stereocenters. The molecule has 4 fully saturated rings. The van der Waals surface area contributed by atoms with E-state index in [1.54, 1.807) is 13.3 Å². The summed E-state index contributed by atoms with van der Waals surface area (Å²) in [5.41, 5.74) is 3.55. The van der Waals surface area contributed by atoms with Gasteiger partial charge < -0.3 is 14.3 Å². The minimum absolute atomic E-state index is 0.0341. The first-order valence-electron chi connectivity index (χ1n) is 16.6. The summed E-state index contributed by atoms with van der Waals surface area (Å²) in [7, 11) is 1.72. The van der Waals surface area contributed by atoms with E-state index in [0.29, 0.717) is 37.0 Å². The van der Waals surface area contributed by atoms with Crippen LogP contribution in [0.15, 0.2) is 40.9 Å². The van der Waals surface area contributed by atoms with E-state index in [1.807, 2.05) is 30.9 Å². The highest BCUT2D eigenvalue weighted by Gasteiger charge is 2.51. The van der Waals surface area contributed by atoms with Crippen molar-refractivity contribution in [2.75, 3.05) is 18.6 Å². The van der Waals surface area contributed by atoms with Gasteiger partial charge in [0.2, 0.25) is 17.7 Å². The number of carboxylic acid groups (broad SMARTS) is 1. The predicted octanol–water partition coefficient (Wildman–Crippen LogP) is 7.48. The molecular formula is C36H46N4O5. The lowest BCUT2D eigenvalue weighted by atomic mass is 9.51. The van der Waals surface area contributed by atoms with Crippen molar-refractivity contribution >= 4 is 17.7 Å². The van der Waals surface area contributed by atoms with Crippen molar-refractivity contribution in [3.63, 3.8) is 0 Å². The van der Waals surface area contributed by atoms with Crippen LogP contribution in [0, 0.1) is 24.2 Å². The third-order valence-corrected chi connectivity index (χ3v) is 11.0. The van der Waals surface area contributed by atoms with Crippen molar-refractivity contribution in [2.24, 2.45) is 17.3 Å². The first kappa shape index (κ1) is 31.2. The number of aliphatic carboxylic acids is 1. The molecule has 7 rings (SSSR count). The fourth-order valence-corrected chi connectivity index (χ4v) is 8.11. The lowest BCUT2D eigenvalue weighted by Gasteiger charge is -2.55. The van der Waals surface area contributed by atoms with Gasteiger partial charge in [-0.05, 0) is 117 Å². The number of pyridine rings is 1. The summed E-state index contributed by atoms with van der Waals surface area (Å²) in [4.78, 5) is 32.4. The topological polar surface area (TPSA) is 119 Å². The Morgan fingerprint density at radius 1 is 1.02 bits per heavy atom. The van der Waals surface area contributed by atoms with Crippen LogP contribution < -0.4 is 9.64 Å². The summed E-state index contributed by atoms with van der Waals surface area (Å²) in [6.45, 7) is 6.78. The molecule has 4 aliphatic carbocycles. The number of hydrogen-bond donors (Lipinski definition) is 1. The first-order chi connectivity index (χ1) is 21.6. The highest BCUT2D eigenvalue weighted by atomic mass is 16.5. The average Bonchev–Trinajstić information content (AvgIpc) is 3.56. The maximum absolute atomic E-state index is 14.4. The normalized spacial score (nSPS) is 26.2. The molecule has 9 heteroatoms. The van der Waals surface area contributed by atoms with Crippen molar-refractivity contribution in [2.45, 2.75) is 103 Å². The fourth-order valence-electron chi connectivity index (χ4n) is 8.11. The fraction of sp³-hybridized carbons (Fsp3) is 0.583. The van der Waals surface area contributed by atoms with Gasteiger partial charge in [0.25, 0.3) is 0 Å². The largest absolute Gasteiger partial charge is 0.496 e. The molecule has 4 saturated carbocycles. The number of carbonyl (C=O) groups excluding carboxylic acids is 1. The van der Waals surface area contributed by atoms with Crippen molar-refractivity contribution in [3.8, 4) is 17.2 Å². The predicted molar refractivity (Wildman–Crippen MR) is 171 cm³/mol.